The topological polar surface area (TPSA) is 266 Å². The van der Waals surface area contributed by atoms with Gasteiger partial charge in [-0.05, 0) is 65.0 Å². The average molecular weight is 504 g/mol. The van der Waals surface area contributed by atoms with E-state index in [9.17, 15) is 34.2 Å². The number of aliphatic carboxylic acids is 1. The molecule has 14 heteroatoms. The monoisotopic (exact) mass is 503 g/mol. The van der Waals surface area contributed by atoms with Crippen LogP contribution in [0.1, 0.15) is 58.3 Å². The minimum absolute atomic E-state index is 0.0161. The van der Waals surface area contributed by atoms with Crippen LogP contribution >= 0.6 is 0 Å². The molecule has 0 radical (unpaired) electrons. The number of rotatable bonds is 19. The number of aliphatic hydroxyl groups is 1. The number of unbranched alkanes of at least 4 members (excludes halogenated alkanes) is 2. The first-order valence-corrected chi connectivity index (χ1v) is 11.7. The van der Waals surface area contributed by atoms with E-state index in [1.54, 1.807) is 0 Å². The lowest BCUT2D eigenvalue weighted by molar-refractivity contribution is -0.143. The van der Waals surface area contributed by atoms with E-state index in [0.29, 0.717) is 38.8 Å². The summed E-state index contributed by atoms with van der Waals surface area (Å²) in [5, 5.41) is 26.6. The molecule has 0 spiro atoms. The molecule has 5 unspecified atom stereocenters. The van der Waals surface area contributed by atoms with Crippen molar-refractivity contribution in [1.82, 2.24) is 16.0 Å². The van der Waals surface area contributed by atoms with Gasteiger partial charge in [-0.3, -0.25) is 19.2 Å². The van der Waals surface area contributed by atoms with Gasteiger partial charge in [0.2, 0.25) is 23.6 Å². The van der Waals surface area contributed by atoms with Crippen LogP contribution in [-0.4, -0.2) is 83.2 Å². The molecule has 0 aromatic carbocycles. The minimum atomic E-state index is -1.48. The molecule has 202 valence electrons. The largest absolute Gasteiger partial charge is 0.480 e. The van der Waals surface area contributed by atoms with Gasteiger partial charge in [0.15, 0.2) is 0 Å². The Morgan fingerprint density at radius 2 is 1.29 bits per heavy atom. The van der Waals surface area contributed by atoms with E-state index in [0.717, 1.165) is 0 Å². The molecule has 0 aliphatic carbocycles. The Morgan fingerprint density at radius 3 is 1.74 bits per heavy atom. The number of carboxylic acids is 1. The normalized spacial score (nSPS) is 15.2. The van der Waals surface area contributed by atoms with Crippen molar-refractivity contribution in [3.05, 3.63) is 0 Å². The number of aliphatic hydroxyl groups excluding tert-OH is 1. The van der Waals surface area contributed by atoms with E-state index in [1.165, 1.54) is 6.92 Å². The van der Waals surface area contributed by atoms with Crippen LogP contribution in [0.2, 0.25) is 0 Å². The van der Waals surface area contributed by atoms with Crippen molar-refractivity contribution in [2.75, 3.05) is 13.1 Å². The molecule has 0 rings (SSSR count). The summed E-state index contributed by atoms with van der Waals surface area (Å²) in [6.45, 7) is 1.99. The molecule has 0 aromatic heterocycles. The number of carboxylic acid groups (broad SMARTS) is 1. The predicted molar refractivity (Wildman–Crippen MR) is 127 cm³/mol. The summed E-state index contributed by atoms with van der Waals surface area (Å²) in [6.07, 6.45) is 0.872. The third-order valence-electron chi connectivity index (χ3n) is 5.24. The van der Waals surface area contributed by atoms with E-state index < -0.39 is 59.9 Å². The van der Waals surface area contributed by atoms with E-state index in [2.05, 4.69) is 16.0 Å². The fourth-order valence-corrected chi connectivity index (χ4v) is 3.14. The number of carbonyl (C=O) groups is 5. The molecule has 0 aliphatic rings. The maximum absolute atomic E-state index is 12.9. The zero-order valence-electron chi connectivity index (χ0n) is 20.2. The van der Waals surface area contributed by atoms with Gasteiger partial charge in [0.25, 0.3) is 0 Å². The van der Waals surface area contributed by atoms with Crippen molar-refractivity contribution in [1.29, 1.82) is 0 Å². The van der Waals surface area contributed by atoms with Crippen LogP contribution in [0.4, 0.5) is 0 Å². The Balaban J connectivity index is 5.36. The Hall–Kier alpha value is -2.81. The number of nitrogens with two attached hydrogens (primary N) is 4. The van der Waals surface area contributed by atoms with Crippen LogP contribution in [0.5, 0.6) is 0 Å². The van der Waals surface area contributed by atoms with Gasteiger partial charge in [-0.1, -0.05) is 0 Å². The maximum Gasteiger partial charge on any atom is 0.326 e. The molecule has 0 heterocycles. The summed E-state index contributed by atoms with van der Waals surface area (Å²) >= 11 is 0. The van der Waals surface area contributed by atoms with E-state index >= 15 is 0 Å². The van der Waals surface area contributed by atoms with Crippen LogP contribution in [0.15, 0.2) is 0 Å². The van der Waals surface area contributed by atoms with Gasteiger partial charge in [0, 0.05) is 6.42 Å². The summed E-state index contributed by atoms with van der Waals surface area (Å²) in [7, 11) is 0. The number of carbonyl (C=O) groups excluding carboxylic acids is 4. The molecule has 0 aromatic rings. The molecule has 35 heavy (non-hydrogen) atoms. The second-order valence-electron chi connectivity index (χ2n) is 8.37. The Bertz CT molecular complexity index is 706. The number of hydrogen-bond acceptors (Lipinski definition) is 9. The summed E-state index contributed by atoms with van der Waals surface area (Å²) in [4.78, 5) is 60.4. The predicted octanol–water partition coefficient (Wildman–Crippen LogP) is -3.24. The van der Waals surface area contributed by atoms with E-state index in [1.807, 2.05) is 0 Å². The van der Waals surface area contributed by atoms with Crippen LogP contribution in [0.3, 0.4) is 0 Å². The smallest absolute Gasteiger partial charge is 0.326 e. The minimum Gasteiger partial charge on any atom is -0.480 e. The Kier molecular flexibility index (Phi) is 16.2. The van der Waals surface area contributed by atoms with Crippen molar-refractivity contribution in [2.45, 2.75) is 88.6 Å². The van der Waals surface area contributed by atoms with Gasteiger partial charge >= 0.3 is 5.97 Å². The Morgan fingerprint density at radius 1 is 0.771 bits per heavy atom. The molecule has 13 N–H and O–H groups in total. The highest BCUT2D eigenvalue weighted by atomic mass is 16.4. The van der Waals surface area contributed by atoms with Gasteiger partial charge in [-0.25, -0.2) is 4.79 Å². The molecule has 0 fully saturated rings. The number of amides is 4. The standard InChI is InChI=1S/C21H41N7O7/c1-12(29)17(20(33)27-15(21(34)35)7-3-5-11-23)28-19(32)14(6-2-4-10-22)26-18(31)13(24)8-9-16(25)30/h12-15,17,29H,2-11,22-24H2,1H3,(H2,25,30)(H,26,31)(H,27,33)(H,28,32)(H,34,35). The van der Waals surface area contributed by atoms with Crippen LogP contribution < -0.4 is 38.9 Å². The molecule has 0 saturated carbocycles. The van der Waals surface area contributed by atoms with Crippen molar-refractivity contribution >= 4 is 29.6 Å². The fourth-order valence-electron chi connectivity index (χ4n) is 3.14. The molecule has 0 aliphatic heterocycles. The molecular formula is C21H41N7O7. The number of hydrogen-bond donors (Lipinski definition) is 9. The lowest BCUT2D eigenvalue weighted by Crippen LogP contribution is -2.59. The first-order valence-electron chi connectivity index (χ1n) is 11.7. The number of nitrogens with one attached hydrogen (secondary N) is 3. The first kappa shape index (κ1) is 32.2. The van der Waals surface area contributed by atoms with Crippen LogP contribution in [0.25, 0.3) is 0 Å². The van der Waals surface area contributed by atoms with Gasteiger partial charge in [-0.2, -0.15) is 0 Å². The highest BCUT2D eigenvalue weighted by Gasteiger charge is 2.32. The second-order valence-corrected chi connectivity index (χ2v) is 8.37. The second kappa shape index (κ2) is 17.6. The molecule has 0 bridgehead atoms. The molecule has 5 atom stereocenters. The molecule has 4 amide bonds. The quantitative estimate of drug-likeness (QED) is 0.0794. The lowest BCUT2D eigenvalue weighted by Gasteiger charge is -2.26. The van der Waals surface area contributed by atoms with Crippen LogP contribution in [-0.2, 0) is 24.0 Å². The third kappa shape index (κ3) is 13.6. The third-order valence-corrected chi connectivity index (χ3v) is 5.24. The van der Waals surface area contributed by atoms with Crippen LogP contribution in [0, 0.1) is 0 Å². The first-order chi connectivity index (χ1) is 16.4. The molecule has 14 nitrogen and oxygen atoms in total. The van der Waals surface area contributed by atoms with Crippen molar-refractivity contribution < 1.29 is 34.2 Å². The zero-order valence-corrected chi connectivity index (χ0v) is 20.2. The van der Waals surface area contributed by atoms with Crippen molar-refractivity contribution in [2.24, 2.45) is 22.9 Å². The molecule has 0 saturated heterocycles. The number of primary amides is 1. The SMILES string of the molecule is CC(O)C(NC(=O)C(CCCCN)NC(=O)C(N)CCC(N)=O)C(=O)NC(CCCCN)C(=O)O. The molecular weight excluding hydrogens is 462 g/mol. The van der Waals surface area contributed by atoms with E-state index in [4.69, 9.17) is 22.9 Å². The van der Waals surface area contributed by atoms with Gasteiger partial charge in [-0.15, -0.1) is 0 Å². The maximum atomic E-state index is 12.9. The summed E-state index contributed by atoms with van der Waals surface area (Å²) < 4.78 is 0. The van der Waals surface area contributed by atoms with Gasteiger partial charge in [0.05, 0.1) is 12.1 Å². The summed E-state index contributed by atoms with van der Waals surface area (Å²) in [5.41, 5.74) is 21.7. The Labute approximate surface area is 204 Å². The summed E-state index contributed by atoms with van der Waals surface area (Å²) in [5.74, 6) is -4.24. The zero-order chi connectivity index (χ0) is 27.0. The summed E-state index contributed by atoms with van der Waals surface area (Å²) in [6, 6.07) is -4.90. The fraction of sp³-hybridized carbons (Fsp3) is 0.762. The van der Waals surface area contributed by atoms with Crippen molar-refractivity contribution in [3.63, 3.8) is 0 Å². The van der Waals surface area contributed by atoms with Gasteiger partial charge in [0.1, 0.15) is 18.1 Å². The highest BCUT2D eigenvalue weighted by molar-refractivity contribution is 5.94. The highest BCUT2D eigenvalue weighted by Crippen LogP contribution is 2.06. The van der Waals surface area contributed by atoms with Gasteiger partial charge < -0.3 is 49.1 Å². The van der Waals surface area contributed by atoms with Crippen molar-refractivity contribution in [3.8, 4) is 0 Å². The average Bonchev–Trinajstić information content (AvgIpc) is 2.78. The lowest BCUT2D eigenvalue weighted by atomic mass is 10.0. The van der Waals surface area contributed by atoms with E-state index in [-0.39, 0.29) is 25.7 Å².